The summed E-state index contributed by atoms with van der Waals surface area (Å²) < 4.78 is 58.2. The van der Waals surface area contributed by atoms with E-state index in [1.165, 1.54) is 31.2 Å². The lowest BCUT2D eigenvalue weighted by atomic mass is 10.1. The Morgan fingerprint density at radius 1 is 1.29 bits per heavy atom. The third kappa shape index (κ3) is 5.92. The molecule has 4 nitrogen and oxygen atoms in total. The molecular formula is C12H13ClF3NO3S. The molecule has 0 saturated carbocycles. The molecule has 9 heteroatoms. The topological polar surface area (TPSA) is 63.2 Å². The molecule has 0 bridgehead atoms. The van der Waals surface area contributed by atoms with E-state index >= 15 is 0 Å². The fraction of sp³-hybridized carbons (Fsp3) is 0.417. The third-order valence-corrected chi connectivity index (χ3v) is 4.08. The highest BCUT2D eigenvalue weighted by atomic mass is 35.7. The highest BCUT2D eigenvalue weighted by Crippen LogP contribution is 2.17. The van der Waals surface area contributed by atoms with Gasteiger partial charge in [0.15, 0.2) is 0 Å². The van der Waals surface area contributed by atoms with E-state index in [2.05, 4.69) is 0 Å². The van der Waals surface area contributed by atoms with Gasteiger partial charge in [0.05, 0.1) is 4.90 Å². The summed E-state index contributed by atoms with van der Waals surface area (Å²) in [5, 5.41) is 1.84. The summed E-state index contributed by atoms with van der Waals surface area (Å²) in [5.74, 6) is -1.97. The molecule has 1 atom stereocenters. The molecule has 1 rings (SSSR count). The van der Waals surface area contributed by atoms with Gasteiger partial charge in [0, 0.05) is 16.7 Å². The molecule has 0 aliphatic carbocycles. The van der Waals surface area contributed by atoms with Crippen LogP contribution in [0.5, 0.6) is 0 Å². The quantitative estimate of drug-likeness (QED) is 0.836. The van der Waals surface area contributed by atoms with Crippen molar-refractivity contribution >= 4 is 25.6 Å². The first kappa shape index (κ1) is 17.8. The SMILES string of the molecule is CC(CCc1ccc(S(=O)(=O)Cl)cc1)NC(=O)C(F)(F)F. The minimum atomic E-state index is -4.90. The number of alkyl halides is 3. The monoisotopic (exact) mass is 343 g/mol. The summed E-state index contributed by atoms with van der Waals surface area (Å²) >= 11 is 0. The number of nitrogens with one attached hydrogen (secondary N) is 1. The van der Waals surface area contributed by atoms with Gasteiger partial charge in [0.2, 0.25) is 0 Å². The molecule has 0 saturated heterocycles. The first-order valence-corrected chi connectivity index (χ1v) is 8.22. The van der Waals surface area contributed by atoms with Crippen molar-refractivity contribution in [3.63, 3.8) is 0 Å². The molecule has 0 aromatic heterocycles. The van der Waals surface area contributed by atoms with Gasteiger partial charge < -0.3 is 5.32 Å². The van der Waals surface area contributed by atoms with Gasteiger partial charge in [0.1, 0.15) is 0 Å². The van der Waals surface area contributed by atoms with Crippen LogP contribution in [0.4, 0.5) is 13.2 Å². The van der Waals surface area contributed by atoms with Crippen LogP contribution in [0.3, 0.4) is 0 Å². The molecule has 0 fully saturated rings. The van der Waals surface area contributed by atoms with Crippen molar-refractivity contribution in [1.29, 1.82) is 0 Å². The zero-order valence-electron chi connectivity index (χ0n) is 10.9. The van der Waals surface area contributed by atoms with Gasteiger partial charge in [0.25, 0.3) is 9.05 Å². The molecule has 1 amide bonds. The van der Waals surface area contributed by atoms with E-state index in [9.17, 15) is 26.4 Å². The van der Waals surface area contributed by atoms with Crippen LogP contribution in [-0.2, 0) is 20.3 Å². The van der Waals surface area contributed by atoms with E-state index in [-0.39, 0.29) is 11.3 Å². The Hall–Kier alpha value is -1.28. The molecule has 1 aromatic carbocycles. The Morgan fingerprint density at radius 3 is 2.24 bits per heavy atom. The third-order valence-electron chi connectivity index (χ3n) is 2.71. The average Bonchev–Trinajstić information content (AvgIpc) is 2.34. The van der Waals surface area contributed by atoms with E-state index in [4.69, 9.17) is 10.7 Å². The Balaban J connectivity index is 2.54. The van der Waals surface area contributed by atoms with Crippen LogP contribution < -0.4 is 5.32 Å². The van der Waals surface area contributed by atoms with Crippen LogP contribution in [0, 0.1) is 0 Å². The molecule has 0 heterocycles. The van der Waals surface area contributed by atoms with E-state index in [1.54, 1.807) is 0 Å². The molecular weight excluding hydrogens is 331 g/mol. The van der Waals surface area contributed by atoms with Gasteiger partial charge in [-0.3, -0.25) is 4.79 Å². The van der Waals surface area contributed by atoms with Crippen molar-refractivity contribution in [2.75, 3.05) is 0 Å². The molecule has 1 unspecified atom stereocenters. The van der Waals surface area contributed by atoms with Crippen LogP contribution in [0.1, 0.15) is 18.9 Å². The van der Waals surface area contributed by atoms with Gasteiger partial charge in [-0.15, -0.1) is 0 Å². The zero-order valence-corrected chi connectivity index (χ0v) is 12.5. The maximum atomic E-state index is 12.0. The summed E-state index contributed by atoms with van der Waals surface area (Å²) in [6.45, 7) is 1.46. The number of aryl methyl sites for hydroxylation is 1. The summed E-state index contributed by atoms with van der Waals surface area (Å²) in [7, 11) is 1.36. The summed E-state index contributed by atoms with van der Waals surface area (Å²) in [6.07, 6.45) is -4.22. The fourth-order valence-electron chi connectivity index (χ4n) is 1.58. The number of amides is 1. The number of benzene rings is 1. The number of carbonyl (C=O) groups is 1. The van der Waals surface area contributed by atoms with Gasteiger partial charge in [-0.1, -0.05) is 12.1 Å². The van der Waals surface area contributed by atoms with Gasteiger partial charge in [-0.05, 0) is 37.5 Å². The Labute approximate surface area is 124 Å². The van der Waals surface area contributed by atoms with E-state index in [0.717, 1.165) is 5.56 Å². The molecule has 0 spiro atoms. The fourth-order valence-corrected chi connectivity index (χ4v) is 2.35. The molecule has 1 aromatic rings. The zero-order chi connectivity index (χ0) is 16.3. The van der Waals surface area contributed by atoms with Crippen molar-refractivity contribution in [2.24, 2.45) is 0 Å². The van der Waals surface area contributed by atoms with Crippen LogP contribution >= 0.6 is 10.7 Å². The Bertz CT molecular complexity index is 599. The lowest BCUT2D eigenvalue weighted by Crippen LogP contribution is -2.42. The first-order chi connectivity index (χ1) is 9.50. The first-order valence-electron chi connectivity index (χ1n) is 5.91. The maximum absolute atomic E-state index is 12.0. The predicted octanol–water partition coefficient (Wildman–Crippen LogP) is 2.61. The van der Waals surface area contributed by atoms with Crippen LogP contribution in [0.15, 0.2) is 29.2 Å². The van der Waals surface area contributed by atoms with Gasteiger partial charge >= 0.3 is 12.1 Å². The average molecular weight is 344 g/mol. The van der Waals surface area contributed by atoms with Gasteiger partial charge in [-0.2, -0.15) is 13.2 Å². The summed E-state index contributed by atoms with van der Waals surface area (Å²) in [6, 6.07) is 5.02. The number of hydrogen-bond donors (Lipinski definition) is 1. The number of halogens is 4. The second-order valence-electron chi connectivity index (χ2n) is 4.49. The molecule has 118 valence electrons. The largest absolute Gasteiger partial charge is 0.471 e. The van der Waals surface area contributed by atoms with E-state index < -0.39 is 27.2 Å². The Kier molecular flexibility index (Phi) is 5.63. The lowest BCUT2D eigenvalue weighted by Gasteiger charge is -2.15. The standard InChI is InChI=1S/C12H13ClF3NO3S/c1-8(17-11(18)12(14,15)16)2-3-9-4-6-10(7-5-9)21(13,19)20/h4-8H,2-3H2,1H3,(H,17,18). The molecule has 1 N–H and O–H groups in total. The smallest absolute Gasteiger partial charge is 0.346 e. The molecule has 0 aliphatic rings. The van der Waals surface area contributed by atoms with Crippen molar-refractivity contribution in [3.8, 4) is 0 Å². The second-order valence-corrected chi connectivity index (χ2v) is 7.06. The van der Waals surface area contributed by atoms with Crippen molar-refractivity contribution < 1.29 is 26.4 Å². The minimum absolute atomic E-state index is 0.0497. The number of rotatable bonds is 5. The highest BCUT2D eigenvalue weighted by molar-refractivity contribution is 8.13. The van der Waals surface area contributed by atoms with Crippen LogP contribution in [-0.4, -0.2) is 26.5 Å². The molecule has 0 aliphatic heterocycles. The summed E-state index contributed by atoms with van der Waals surface area (Å²) in [4.78, 5) is 10.7. The number of carbonyl (C=O) groups excluding carboxylic acids is 1. The van der Waals surface area contributed by atoms with Crippen molar-refractivity contribution in [2.45, 2.75) is 36.9 Å². The number of hydrogen-bond acceptors (Lipinski definition) is 3. The summed E-state index contributed by atoms with van der Waals surface area (Å²) in [5.41, 5.74) is 0.729. The molecule has 21 heavy (non-hydrogen) atoms. The normalized spacial score (nSPS) is 13.8. The molecule has 0 radical (unpaired) electrons. The Morgan fingerprint density at radius 2 is 1.81 bits per heavy atom. The minimum Gasteiger partial charge on any atom is -0.346 e. The predicted molar refractivity (Wildman–Crippen MR) is 71.5 cm³/mol. The second kappa shape index (κ2) is 6.65. The van der Waals surface area contributed by atoms with Crippen molar-refractivity contribution in [3.05, 3.63) is 29.8 Å². The van der Waals surface area contributed by atoms with Crippen LogP contribution in [0.2, 0.25) is 0 Å². The van der Waals surface area contributed by atoms with E-state index in [0.29, 0.717) is 6.42 Å². The highest BCUT2D eigenvalue weighted by Gasteiger charge is 2.39. The maximum Gasteiger partial charge on any atom is 0.471 e. The lowest BCUT2D eigenvalue weighted by molar-refractivity contribution is -0.174. The van der Waals surface area contributed by atoms with Crippen molar-refractivity contribution in [1.82, 2.24) is 5.32 Å². The van der Waals surface area contributed by atoms with Gasteiger partial charge in [-0.25, -0.2) is 8.42 Å². The van der Waals surface area contributed by atoms with E-state index in [1.807, 2.05) is 5.32 Å². The van der Waals surface area contributed by atoms with Crippen LogP contribution in [0.25, 0.3) is 0 Å².